The van der Waals surface area contributed by atoms with Gasteiger partial charge in [-0.3, -0.25) is 4.79 Å². The van der Waals surface area contributed by atoms with Gasteiger partial charge in [0.05, 0.1) is 17.1 Å². The molecule has 1 saturated carbocycles. The van der Waals surface area contributed by atoms with E-state index in [-0.39, 0.29) is 5.56 Å². The number of pyridine rings is 1. The molecule has 2 unspecified atom stereocenters. The molecule has 1 aliphatic heterocycles. The highest BCUT2D eigenvalue weighted by atomic mass is 32.2. The Balaban J connectivity index is 1.43. The van der Waals surface area contributed by atoms with E-state index in [2.05, 4.69) is 33.7 Å². The molecule has 6 rings (SSSR count). The van der Waals surface area contributed by atoms with E-state index in [1.54, 1.807) is 13.2 Å². The Labute approximate surface area is 188 Å². The molecule has 4 aromatic heterocycles. The summed E-state index contributed by atoms with van der Waals surface area (Å²) >= 11 is 1.41. The zero-order valence-corrected chi connectivity index (χ0v) is 19.0. The Bertz CT molecular complexity index is 1430. The summed E-state index contributed by atoms with van der Waals surface area (Å²) in [6.07, 6.45) is 4.11. The first-order valence-corrected chi connectivity index (χ1v) is 11.6. The topological polar surface area (TPSA) is 119 Å². The van der Waals surface area contributed by atoms with Crippen LogP contribution in [0.5, 0.6) is 0 Å². The lowest BCUT2D eigenvalue weighted by Crippen LogP contribution is -2.29. The van der Waals surface area contributed by atoms with Crippen LogP contribution in [0.3, 0.4) is 0 Å². The van der Waals surface area contributed by atoms with Crippen LogP contribution in [0.25, 0.3) is 22.1 Å². The molecule has 9 nitrogen and oxygen atoms in total. The third-order valence-electron chi connectivity index (χ3n) is 6.83. The van der Waals surface area contributed by atoms with Crippen LogP contribution >= 0.6 is 11.8 Å². The number of piperidine rings is 1. The van der Waals surface area contributed by atoms with Crippen LogP contribution in [0.15, 0.2) is 33.4 Å². The number of hydrogen-bond acceptors (Lipinski definition) is 8. The van der Waals surface area contributed by atoms with E-state index in [4.69, 9.17) is 15.7 Å². The number of rotatable bonds is 4. The maximum absolute atomic E-state index is 12.5. The highest BCUT2D eigenvalue weighted by molar-refractivity contribution is 7.99. The smallest absolute Gasteiger partial charge is 0.262 e. The SMILES string of the molecule is CCc1[nH]c2nc(Sc3cnc4ncn(C)c(=O)c4c3)nc(N3CC4C(N)C4C3)c2c1C. The van der Waals surface area contributed by atoms with Crippen molar-refractivity contribution >= 4 is 39.6 Å². The standard InChI is InChI=1S/C22H24N8OS/c1-4-15-10(2)16-19(26-15)27-22(28-20(16)30-7-13-14(8-30)17(13)23)32-11-5-12-18(24-6-11)25-9-29(3)21(12)31/h5-6,9,13-14,17H,4,7-8,23H2,1-3H3,(H,26,27,28). The zero-order valence-electron chi connectivity index (χ0n) is 18.2. The van der Waals surface area contributed by atoms with Crippen LogP contribution in [0.2, 0.25) is 0 Å². The molecule has 164 valence electrons. The van der Waals surface area contributed by atoms with Crippen LogP contribution in [-0.2, 0) is 13.5 Å². The van der Waals surface area contributed by atoms with Crippen molar-refractivity contribution in [1.82, 2.24) is 29.5 Å². The lowest BCUT2D eigenvalue weighted by Gasteiger charge is -2.21. The monoisotopic (exact) mass is 448 g/mol. The summed E-state index contributed by atoms with van der Waals surface area (Å²) in [5, 5.41) is 2.21. The molecule has 3 N–H and O–H groups in total. The highest BCUT2D eigenvalue weighted by Crippen LogP contribution is 2.46. The Morgan fingerprint density at radius 2 is 2.03 bits per heavy atom. The van der Waals surface area contributed by atoms with Gasteiger partial charge >= 0.3 is 0 Å². The summed E-state index contributed by atoms with van der Waals surface area (Å²) in [4.78, 5) is 37.5. The number of fused-ring (bicyclic) bond motifs is 3. The van der Waals surface area contributed by atoms with Gasteiger partial charge in [0, 0.05) is 43.0 Å². The minimum Gasteiger partial charge on any atom is -0.355 e. The quantitative estimate of drug-likeness (QED) is 0.455. The third-order valence-corrected chi connectivity index (χ3v) is 7.66. The predicted octanol–water partition coefficient (Wildman–Crippen LogP) is 2.02. The molecular formula is C22H24N8OS. The van der Waals surface area contributed by atoms with Crippen molar-refractivity contribution in [3.05, 3.63) is 40.2 Å². The fourth-order valence-corrected chi connectivity index (χ4v) is 5.63. The lowest BCUT2D eigenvalue weighted by molar-refractivity contribution is 0.732. The molecule has 1 aliphatic carbocycles. The van der Waals surface area contributed by atoms with Crippen molar-refractivity contribution < 1.29 is 0 Å². The van der Waals surface area contributed by atoms with Crippen LogP contribution in [0.1, 0.15) is 18.2 Å². The predicted molar refractivity (Wildman–Crippen MR) is 124 cm³/mol. The number of nitrogens with two attached hydrogens (primary N) is 1. The average molecular weight is 449 g/mol. The zero-order chi connectivity index (χ0) is 22.1. The second-order valence-electron chi connectivity index (χ2n) is 8.75. The molecular weight excluding hydrogens is 424 g/mol. The Morgan fingerprint density at radius 1 is 1.25 bits per heavy atom. The average Bonchev–Trinajstić information content (AvgIpc) is 3.12. The van der Waals surface area contributed by atoms with E-state index in [0.29, 0.717) is 34.1 Å². The van der Waals surface area contributed by atoms with Crippen molar-refractivity contribution in [3.8, 4) is 0 Å². The fourth-order valence-electron chi connectivity index (χ4n) is 4.87. The van der Waals surface area contributed by atoms with Gasteiger partial charge in [-0.2, -0.15) is 0 Å². The first-order chi connectivity index (χ1) is 15.4. The van der Waals surface area contributed by atoms with Gasteiger partial charge in [-0.05, 0) is 48.6 Å². The van der Waals surface area contributed by atoms with Crippen molar-refractivity contribution in [2.75, 3.05) is 18.0 Å². The molecule has 0 radical (unpaired) electrons. The maximum atomic E-state index is 12.5. The molecule has 2 atom stereocenters. The van der Waals surface area contributed by atoms with E-state index >= 15 is 0 Å². The van der Waals surface area contributed by atoms with Gasteiger partial charge in [0.1, 0.15) is 11.5 Å². The summed E-state index contributed by atoms with van der Waals surface area (Å²) in [5.74, 6) is 2.10. The molecule has 32 heavy (non-hydrogen) atoms. The summed E-state index contributed by atoms with van der Waals surface area (Å²) in [5.41, 5.74) is 9.73. The molecule has 0 bridgehead atoms. The van der Waals surface area contributed by atoms with Gasteiger partial charge in [0.2, 0.25) is 0 Å². The molecule has 5 heterocycles. The van der Waals surface area contributed by atoms with E-state index in [1.807, 2.05) is 6.07 Å². The summed E-state index contributed by atoms with van der Waals surface area (Å²) in [6, 6.07) is 2.15. The first-order valence-electron chi connectivity index (χ1n) is 10.8. The highest BCUT2D eigenvalue weighted by Gasteiger charge is 2.54. The van der Waals surface area contributed by atoms with Crippen LogP contribution in [0.4, 0.5) is 5.82 Å². The van der Waals surface area contributed by atoms with E-state index in [1.165, 1.54) is 33.9 Å². The van der Waals surface area contributed by atoms with Gasteiger partial charge in [-0.1, -0.05) is 6.92 Å². The van der Waals surface area contributed by atoms with Crippen LogP contribution in [0, 0.1) is 18.8 Å². The summed E-state index contributed by atoms with van der Waals surface area (Å²) in [7, 11) is 1.68. The number of aromatic nitrogens is 6. The normalized spacial score (nSPS) is 22.1. The fraction of sp³-hybridized carbons (Fsp3) is 0.409. The second-order valence-corrected chi connectivity index (χ2v) is 9.79. The number of H-pyrrole nitrogens is 1. The number of anilines is 1. The minimum atomic E-state index is -0.123. The third kappa shape index (κ3) is 2.93. The number of nitrogens with one attached hydrogen (secondary N) is 1. The molecule has 2 fully saturated rings. The Hall–Kier alpha value is -2.98. The first kappa shape index (κ1) is 19.7. The molecule has 10 heteroatoms. The van der Waals surface area contributed by atoms with Crippen molar-refractivity contribution in [2.45, 2.75) is 36.4 Å². The van der Waals surface area contributed by atoms with Gasteiger partial charge in [-0.15, -0.1) is 0 Å². The Morgan fingerprint density at radius 3 is 2.78 bits per heavy atom. The number of nitrogens with zero attached hydrogens (tertiary/aromatic N) is 6. The number of aryl methyl sites for hydroxylation is 3. The van der Waals surface area contributed by atoms with Gasteiger partial charge in [0.15, 0.2) is 10.8 Å². The van der Waals surface area contributed by atoms with Gasteiger partial charge in [0.25, 0.3) is 5.56 Å². The molecule has 0 spiro atoms. The maximum Gasteiger partial charge on any atom is 0.262 e. The van der Waals surface area contributed by atoms with Crippen molar-refractivity contribution in [3.63, 3.8) is 0 Å². The molecule has 2 aliphatic rings. The summed E-state index contributed by atoms with van der Waals surface area (Å²) < 4.78 is 1.45. The minimum absolute atomic E-state index is 0.123. The van der Waals surface area contributed by atoms with Gasteiger partial charge in [-0.25, -0.2) is 19.9 Å². The molecule has 0 amide bonds. The lowest BCUT2D eigenvalue weighted by atomic mass is 10.1. The van der Waals surface area contributed by atoms with Crippen molar-refractivity contribution in [1.29, 1.82) is 0 Å². The van der Waals surface area contributed by atoms with E-state index < -0.39 is 0 Å². The van der Waals surface area contributed by atoms with Crippen LogP contribution < -0.4 is 16.2 Å². The number of aromatic amines is 1. The van der Waals surface area contributed by atoms with Crippen molar-refractivity contribution in [2.24, 2.45) is 24.6 Å². The Kier molecular flexibility index (Phi) is 4.31. The molecule has 1 saturated heterocycles. The summed E-state index contributed by atoms with van der Waals surface area (Å²) in [6.45, 7) is 6.15. The van der Waals surface area contributed by atoms with E-state index in [9.17, 15) is 4.79 Å². The van der Waals surface area contributed by atoms with E-state index in [0.717, 1.165) is 41.3 Å². The van der Waals surface area contributed by atoms with Gasteiger partial charge < -0.3 is 20.2 Å². The molecule has 0 aromatic carbocycles. The second kappa shape index (κ2) is 7.01. The number of hydrogen-bond donors (Lipinski definition) is 2. The largest absolute Gasteiger partial charge is 0.355 e. The van der Waals surface area contributed by atoms with Crippen LogP contribution in [-0.4, -0.2) is 48.6 Å². The molecule has 4 aromatic rings.